The highest BCUT2D eigenvalue weighted by atomic mass is 32.2. The fraction of sp³-hybridized carbons (Fsp3) is 0.500. The van der Waals surface area contributed by atoms with Crippen LogP contribution < -0.4 is 4.90 Å². The highest BCUT2D eigenvalue weighted by Crippen LogP contribution is 2.38. The number of nitrogens with zero attached hydrogens (tertiary/aromatic N) is 3. The van der Waals surface area contributed by atoms with Crippen LogP contribution in [0.5, 0.6) is 0 Å². The second-order valence-corrected chi connectivity index (χ2v) is 9.71. The molecule has 0 spiro atoms. The Bertz CT molecular complexity index is 884. The van der Waals surface area contributed by atoms with E-state index < -0.39 is 33.7 Å². The predicted octanol–water partition coefficient (Wildman–Crippen LogP) is 1.87. The molecule has 2 unspecified atom stereocenters. The fourth-order valence-corrected chi connectivity index (χ4v) is 5.97. The highest BCUT2D eigenvalue weighted by Gasteiger charge is 2.47. The van der Waals surface area contributed by atoms with Crippen LogP contribution in [-0.4, -0.2) is 67.8 Å². The van der Waals surface area contributed by atoms with Crippen molar-refractivity contribution in [2.24, 2.45) is 4.99 Å². The van der Waals surface area contributed by atoms with Gasteiger partial charge < -0.3 is 9.80 Å². The molecule has 2 atom stereocenters. The Balaban J connectivity index is 1.94. The molecule has 2 aliphatic heterocycles. The summed E-state index contributed by atoms with van der Waals surface area (Å²) in [6.07, 6.45) is -4.51. The minimum absolute atomic E-state index is 0.0630. The lowest BCUT2D eigenvalue weighted by Crippen LogP contribution is -2.39. The van der Waals surface area contributed by atoms with Gasteiger partial charge in [-0.3, -0.25) is 9.79 Å². The van der Waals surface area contributed by atoms with Crippen LogP contribution in [0.25, 0.3) is 0 Å². The Kier molecular flexibility index (Phi) is 5.19. The van der Waals surface area contributed by atoms with Crippen molar-refractivity contribution in [3.8, 4) is 0 Å². The maximum Gasteiger partial charge on any atom is 0.416 e. The number of amidine groups is 1. The number of carbonyl (C=O) groups excluding carboxylic acids is 1. The summed E-state index contributed by atoms with van der Waals surface area (Å²) in [6.45, 7) is 0. The average molecular weight is 421 g/mol. The van der Waals surface area contributed by atoms with Gasteiger partial charge in [0.25, 0.3) is 0 Å². The third-order valence-corrected chi connectivity index (χ3v) is 7.03. The molecule has 1 aromatic carbocycles. The summed E-state index contributed by atoms with van der Waals surface area (Å²) in [7, 11) is -0.104. The Morgan fingerprint density at radius 2 is 2.04 bits per heavy atom. The van der Waals surface area contributed by atoms with Crippen LogP contribution in [0.2, 0.25) is 0 Å². The van der Waals surface area contributed by atoms with E-state index in [4.69, 9.17) is 0 Å². The lowest BCUT2D eigenvalue weighted by atomic mass is 10.1. The van der Waals surface area contributed by atoms with Gasteiger partial charge in [0.15, 0.2) is 15.0 Å². The van der Waals surface area contributed by atoms with Crippen LogP contribution in [-0.2, 0) is 20.8 Å². The fourth-order valence-electron chi connectivity index (χ4n) is 3.02. The zero-order valence-corrected chi connectivity index (χ0v) is 16.2. The number of alkyl halides is 3. The van der Waals surface area contributed by atoms with Gasteiger partial charge in [-0.25, -0.2) is 8.42 Å². The van der Waals surface area contributed by atoms with Crippen LogP contribution in [0.1, 0.15) is 5.56 Å². The van der Waals surface area contributed by atoms with Crippen molar-refractivity contribution in [1.82, 2.24) is 4.90 Å². The van der Waals surface area contributed by atoms with Crippen LogP contribution >= 0.6 is 11.8 Å². The molecule has 2 aliphatic rings. The first-order chi connectivity index (χ1) is 12.5. The number of aliphatic imine (C=N–C) groups is 1. The van der Waals surface area contributed by atoms with E-state index in [0.29, 0.717) is 5.17 Å². The van der Waals surface area contributed by atoms with E-state index in [1.807, 2.05) is 0 Å². The van der Waals surface area contributed by atoms with E-state index in [0.717, 1.165) is 23.9 Å². The summed E-state index contributed by atoms with van der Waals surface area (Å²) < 4.78 is 63.2. The third-order valence-electron chi connectivity index (χ3n) is 4.38. The van der Waals surface area contributed by atoms with Crippen molar-refractivity contribution in [3.63, 3.8) is 0 Å². The molecule has 1 saturated heterocycles. The van der Waals surface area contributed by atoms with Crippen LogP contribution in [0.15, 0.2) is 29.3 Å². The SMILES string of the molecule is CN(C)C(=O)CSC1=NC2CS(=O)(=O)CC2N1c1cccc(C(F)(F)F)c1. The van der Waals surface area contributed by atoms with Gasteiger partial charge in [0.2, 0.25) is 5.91 Å². The van der Waals surface area contributed by atoms with Gasteiger partial charge in [-0.15, -0.1) is 0 Å². The minimum Gasteiger partial charge on any atom is -0.348 e. The second-order valence-electron chi connectivity index (χ2n) is 6.62. The molecule has 148 valence electrons. The van der Waals surface area contributed by atoms with E-state index >= 15 is 0 Å². The standard InChI is InChI=1S/C16H18F3N3O3S2/c1-21(2)14(23)7-26-15-20-12-8-27(24,25)9-13(12)22(15)11-5-3-4-10(6-11)16(17,18)19/h3-6,12-13H,7-9H2,1-2H3. The van der Waals surface area contributed by atoms with Gasteiger partial charge in [-0.05, 0) is 18.2 Å². The molecule has 27 heavy (non-hydrogen) atoms. The molecule has 0 N–H and O–H groups in total. The lowest BCUT2D eigenvalue weighted by Gasteiger charge is -2.27. The minimum atomic E-state index is -4.51. The maximum absolute atomic E-state index is 13.1. The number of halogens is 3. The number of carbonyl (C=O) groups is 1. The van der Waals surface area contributed by atoms with Crippen LogP contribution in [0, 0.1) is 0 Å². The molecule has 0 bridgehead atoms. The normalized spacial score (nSPS) is 23.9. The molecule has 1 amide bonds. The summed E-state index contributed by atoms with van der Waals surface area (Å²) in [4.78, 5) is 19.2. The number of fused-ring (bicyclic) bond motifs is 1. The summed E-state index contributed by atoms with van der Waals surface area (Å²) in [5.74, 6) is -0.425. The molecule has 1 fully saturated rings. The zero-order valence-electron chi connectivity index (χ0n) is 14.6. The molecule has 3 rings (SSSR count). The van der Waals surface area contributed by atoms with Crippen molar-refractivity contribution in [3.05, 3.63) is 29.8 Å². The van der Waals surface area contributed by atoms with E-state index in [2.05, 4.69) is 4.99 Å². The molecule has 6 nitrogen and oxygen atoms in total. The largest absolute Gasteiger partial charge is 0.416 e. The summed E-state index contributed by atoms with van der Waals surface area (Å²) in [6, 6.07) is 3.62. The maximum atomic E-state index is 13.1. The molecule has 0 saturated carbocycles. The van der Waals surface area contributed by atoms with Crippen molar-refractivity contribution in [2.45, 2.75) is 18.3 Å². The van der Waals surface area contributed by atoms with Gasteiger partial charge in [-0.1, -0.05) is 17.8 Å². The Morgan fingerprint density at radius 1 is 1.33 bits per heavy atom. The van der Waals surface area contributed by atoms with E-state index in [1.165, 1.54) is 21.9 Å². The zero-order chi connectivity index (χ0) is 20.0. The topological polar surface area (TPSA) is 70.0 Å². The molecule has 0 aliphatic carbocycles. The van der Waals surface area contributed by atoms with Gasteiger partial charge in [-0.2, -0.15) is 13.2 Å². The number of hydrogen-bond acceptors (Lipinski definition) is 6. The smallest absolute Gasteiger partial charge is 0.348 e. The Hall–Kier alpha value is -1.75. The lowest BCUT2D eigenvalue weighted by molar-refractivity contribution is -0.137. The van der Waals surface area contributed by atoms with Crippen LogP contribution in [0.4, 0.5) is 18.9 Å². The summed E-state index contributed by atoms with van der Waals surface area (Å²) in [5, 5.41) is 0.370. The molecular weight excluding hydrogens is 403 g/mol. The number of hydrogen-bond donors (Lipinski definition) is 0. The first-order valence-corrected chi connectivity index (χ1v) is 10.9. The molecule has 2 heterocycles. The van der Waals surface area contributed by atoms with Gasteiger partial charge in [0, 0.05) is 19.8 Å². The number of benzene rings is 1. The first kappa shape index (κ1) is 20.0. The van der Waals surface area contributed by atoms with Crippen molar-refractivity contribution in [2.75, 3.05) is 36.3 Å². The van der Waals surface area contributed by atoms with Crippen molar-refractivity contribution < 1.29 is 26.4 Å². The van der Waals surface area contributed by atoms with E-state index in [-0.39, 0.29) is 28.9 Å². The molecule has 0 radical (unpaired) electrons. The number of sulfone groups is 1. The molecular formula is C16H18F3N3O3S2. The molecule has 1 aromatic rings. The first-order valence-electron chi connectivity index (χ1n) is 8.05. The summed E-state index contributed by atoms with van der Waals surface area (Å²) in [5.41, 5.74) is -0.601. The highest BCUT2D eigenvalue weighted by molar-refractivity contribution is 8.14. The Labute approximate surface area is 159 Å². The van der Waals surface area contributed by atoms with E-state index in [9.17, 15) is 26.4 Å². The van der Waals surface area contributed by atoms with Crippen molar-refractivity contribution in [1.29, 1.82) is 0 Å². The number of rotatable bonds is 3. The van der Waals surface area contributed by atoms with Crippen molar-refractivity contribution >= 4 is 38.4 Å². The Morgan fingerprint density at radius 3 is 2.67 bits per heavy atom. The second kappa shape index (κ2) is 7.01. The third kappa shape index (κ3) is 4.23. The van der Waals surface area contributed by atoms with Gasteiger partial charge in [0.1, 0.15) is 0 Å². The average Bonchev–Trinajstić information content (AvgIpc) is 3.02. The number of thioether (sulfide) groups is 1. The van der Waals surface area contributed by atoms with Gasteiger partial charge in [0.05, 0.1) is 34.9 Å². The molecule has 0 aromatic heterocycles. The predicted molar refractivity (Wildman–Crippen MR) is 98.7 cm³/mol. The van der Waals surface area contributed by atoms with E-state index in [1.54, 1.807) is 14.1 Å². The van der Waals surface area contributed by atoms with Crippen LogP contribution in [0.3, 0.4) is 0 Å². The number of amides is 1. The van der Waals surface area contributed by atoms with Gasteiger partial charge >= 0.3 is 6.18 Å². The summed E-state index contributed by atoms with van der Waals surface area (Å²) >= 11 is 1.10. The monoisotopic (exact) mass is 421 g/mol. The number of anilines is 1. The molecule has 11 heteroatoms. The quantitative estimate of drug-likeness (QED) is 0.745.